The van der Waals surface area contributed by atoms with Crippen molar-refractivity contribution in [2.24, 2.45) is 5.92 Å². The molecule has 2 heterocycles. The molecule has 0 bridgehead atoms. The largest absolute Gasteiger partial charge is 0.350 e. The predicted molar refractivity (Wildman–Crippen MR) is 87.6 cm³/mol. The Hall–Kier alpha value is -1.84. The van der Waals surface area contributed by atoms with Crippen molar-refractivity contribution in [3.8, 4) is 0 Å². The third-order valence-electron chi connectivity index (χ3n) is 4.72. The number of imidazole rings is 1. The first-order valence-electron chi connectivity index (χ1n) is 8.42. The number of amides is 1. The van der Waals surface area contributed by atoms with Crippen LogP contribution in [0.25, 0.3) is 5.65 Å². The van der Waals surface area contributed by atoms with Crippen molar-refractivity contribution in [2.75, 3.05) is 0 Å². The van der Waals surface area contributed by atoms with Crippen LogP contribution in [0.2, 0.25) is 0 Å². The van der Waals surface area contributed by atoms with E-state index in [4.69, 9.17) is 0 Å². The highest BCUT2D eigenvalue weighted by molar-refractivity contribution is 5.75. The van der Waals surface area contributed by atoms with Crippen LogP contribution in [0.3, 0.4) is 0 Å². The number of aryl methyl sites for hydroxylation is 1. The molecular weight excluding hydrogens is 274 g/mol. The Morgan fingerprint density at radius 1 is 1.32 bits per heavy atom. The van der Waals surface area contributed by atoms with E-state index in [-0.39, 0.29) is 5.91 Å². The van der Waals surface area contributed by atoms with E-state index in [1.54, 1.807) is 0 Å². The van der Waals surface area contributed by atoms with Gasteiger partial charge in [-0.25, -0.2) is 4.98 Å². The van der Waals surface area contributed by atoms with Crippen LogP contribution in [0.1, 0.15) is 56.3 Å². The Labute approximate surface area is 131 Å². The molecule has 2 aromatic rings. The summed E-state index contributed by atoms with van der Waals surface area (Å²) in [6.45, 7) is 2.58. The zero-order valence-corrected chi connectivity index (χ0v) is 13.3. The van der Waals surface area contributed by atoms with Gasteiger partial charge in [-0.2, -0.15) is 0 Å². The van der Waals surface area contributed by atoms with Gasteiger partial charge in [-0.1, -0.05) is 38.2 Å². The fourth-order valence-corrected chi connectivity index (χ4v) is 3.37. The van der Waals surface area contributed by atoms with E-state index in [0.717, 1.165) is 29.4 Å². The molecule has 1 aliphatic carbocycles. The molecule has 3 rings (SSSR count). The summed E-state index contributed by atoms with van der Waals surface area (Å²) in [5.74, 6) is 0.914. The van der Waals surface area contributed by atoms with Crippen LogP contribution < -0.4 is 5.32 Å². The average Bonchev–Trinajstić information content (AvgIpc) is 2.96. The third kappa shape index (κ3) is 3.67. The second kappa shape index (κ2) is 6.95. The Morgan fingerprint density at radius 2 is 2.14 bits per heavy atom. The highest BCUT2D eigenvalue weighted by Gasteiger charge is 2.14. The highest BCUT2D eigenvalue weighted by atomic mass is 16.1. The Morgan fingerprint density at radius 3 is 2.91 bits per heavy atom. The first-order valence-corrected chi connectivity index (χ1v) is 8.42. The minimum atomic E-state index is 0.152. The number of hydrogen-bond acceptors (Lipinski definition) is 2. The standard InChI is InChI=1S/C18H25N3O/c1-14-6-5-9-17-20-16(13-21(14)17)12-19-18(22)11-10-15-7-3-2-4-8-15/h5-6,9,13,15H,2-4,7-8,10-12H2,1H3,(H,19,22). The zero-order valence-electron chi connectivity index (χ0n) is 13.3. The van der Waals surface area contributed by atoms with Crippen LogP contribution in [0.4, 0.5) is 0 Å². The van der Waals surface area contributed by atoms with E-state index in [1.165, 1.54) is 32.1 Å². The molecule has 0 atom stereocenters. The van der Waals surface area contributed by atoms with Gasteiger partial charge in [0.15, 0.2) is 0 Å². The lowest BCUT2D eigenvalue weighted by Gasteiger charge is -2.20. The number of rotatable bonds is 5. The molecule has 118 valence electrons. The van der Waals surface area contributed by atoms with Gasteiger partial charge in [0.05, 0.1) is 12.2 Å². The molecule has 1 aliphatic rings. The number of hydrogen-bond donors (Lipinski definition) is 1. The van der Waals surface area contributed by atoms with Gasteiger partial charge in [-0.3, -0.25) is 4.79 Å². The molecule has 4 heteroatoms. The molecule has 0 saturated heterocycles. The van der Waals surface area contributed by atoms with E-state index in [1.807, 2.05) is 18.3 Å². The summed E-state index contributed by atoms with van der Waals surface area (Å²) in [5, 5.41) is 3.00. The number of fused-ring (bicyclic) bond motifs is 1. The van der Waals surface area contributed by atoms with E-state index < -0.39 is 0 Å². The normalized spacial score (nSPS) is 16.0. The topological polar surface area (TPSA) is 46.4 Å². The minimum absolute atomic E-state index is 0.152. The summed E-state index contributed by atoms with van der Waals surface area (Å²) in [6.07, 6.45) is 10.4. The monoisotopic (exact) mass is 299 g/mol. The van der Waals surface area contributed by atoms with Crippen LogP contribution in [0.5, 0.6) is 0 Å². The molecule has 0 spiro atoms. The van der Waals surface area contributed by atoms with Gasteiger partial charge < -0.3 is 9.72 Å². The number of aromatic nitrogens is 2. The molecule has 0 unspecified atom stereocenters. The zero-order chi connectivity index (χ0) is 15.4. The van der Waals surface area contributed by atoms with Crippen LogP contribution >= 0.6 is 0 Å². The van der Waals surface area contributed by atoms with Crippen LogP contribution in [0.15, 0.2) is 24.4 Å². The number of nitrogens with zero attached hydrogens (tertiary/aromatic N) is 2. The molecule has 1 saturated carbocycles. The number of nitrogens with one attached hydrogen (secondary N) is 1. The van der Waals surface area contributed by atoms with Gasteiger partial charge in [0.2, 0.25) is 5.91 Å². The van der Waals surface area contributed by atoms with Crippen molar-refractivity contribution in [2.45, 2.75) is 58.4 Å². The van der Waals surface area contributed by atoms with Crippen molar-refractivity contribution in [3.63, 3.8) is 0 Å². The van der Waals surface area contributed by atoms with Crippen molar-refractivity contribution in [1.29, 1.82) is 0 Å². The summed E-state index contributed by atoms with van der Waals surface area (Å²) >= 11 is 0. The smallest absolute Gasteiger partial charge is 0.220 e. The molecular formula is C18H25N3O. The van der Waals surface area contributed by atoms with E-state index in [2.05, 4.69) is 27.7 Å². The van der Waals surface area contributed by atoms with Crippen LogP contribution in [-0.4, -0.2) is 15.3 Å². The first-order chi connectivity index (χ1) is 10.7. The molecule has 1 N–H and O–H groups in total. The molecule has 0 aromatic carbocycles. The molecule has 0 radical (unpaired) electrons. The van der Waals surface area contributed by atoms with Gasteiger partial charge in [0.25, 0.3) is 0 Å². The Bertz CT molecular complexity index is 641. The Balaban J connectivity index is 1.48. The lowest BCUT2D eigenvalue weighted by atomic mass is 9.86. The molecule has 4 nitrogen and oxygen atoms in total. The van der Waals surface area contributed by atoms with Crippen molar-refractivity contribution < 1.29 is 4.79 Å². The second-order valence-electron chi connectivity index (χ2n) is 6.45. The first kappa shape index (κ1) is 15.1. The number of carbonyl (C=O) groups excluding carboxylic acids is 1. The maximum atomic E-state index is 12.0. The summed E-state index contributed by atoms with van der Waals surface area (Å²) in [4.78, 5) is 16.5. The van der Waals surface area contributed by atoms with Crippen LogP contribution in [0, 0.1) is 12.8 Å². The molecule has 1 amide bonds. The summed E-state index contributed by atoms with van der Waals surface area (Å²) in [6, 6.07) is 6.05. The maximum Gasteiger partial charge on any atom is 0.220 e. The predicted octanol–water partition coefficient (Wildman–Crippen LogP) is 3.62. The molecule has 22 heavy (non-hydrogen) atoms. The molecule has 2 aromatic heterocycles. The Kier molecular flexibility index (Phi) is 4.76. The quantitative estimate of drug-likeness (QED) is 0.916. The molecule has 1 fully saturated rings. The maximum absolute atomic E-state index is 12.0. The van der Waals surface area contributed by atoms with Gasteiger partial charge in [0.1, 0.15) is 5.65 Å². The molecule has 0 aliphatic heterocycles. The average molecular weight is 299 g/mol. The minimum Gasteiger partial charge on any atom is -0.350 e. The summed E-state index contributed by atoms with van der Waals surface area (Å²) in [5.41, 5.74) is 3.01. The van der Waals surface area contributed by atoms with E-state index >= 15 is 0 Å². The van der Waals surface area contributed by atoms with Gasteiger partial charge in [-0.15, -0.1) is 0 Å². The second-order valence-corrected chi connectivity index (χ2v) is 6.45. The third-order valence-corrected chi connectivity index (χ3v) is 4.72. The van der Waals surface area contributed by atoms with E-state index in [0.29, 0.717) is 13.0 Å². The van der Waals surface area contributed by atoms with Crippen molar-refractivity contribution >= 4 is 11.6 Å². The van der Waals surface area contributed by atoms with Gasteiger partial charge in [-0.05, 0) is 31.4 Å². The van der Waals surface area contributed by atoms with Gasteiger partial charge in [0, 0.05) is 18.3 Å². The highest BCUT2D eigenvalue weighted by Crippen LogP contribution is 2.27. The summed E-state index contributed by atoms with van der Waals surface area (Å²) < 4.78 is 2.06. The number of pyridine rings is 1. The van der Waals surface area contributed by atoms with Gasteiger partial charge >= 0.3 is 0 Å². The van der Waals surface area contributed by atoms with Crippen LogP contribution in [-0.2, 0) is 11.3 Å². The summed E-state index contributed by atoms with van der Waals surface area (Å²) in [7, 11) is 0. The lowest BCUT2D eigenvalue weighted by Crippen LogP contribution is -2.23. The number of carbonyl (C=O) groups is 1. The SMILES string of the molecule is Cc1cccc2nc(CNC(=O)CCC3CCCCC3)cn12. The van der Waals surface area contributed by atoms with Crippen molar-refractivity contribution in [1.82, 2.24) is 14.7 Å². The lowest BCUT2D eigenvalue weighted by molar-refractivity contribution is -0.121. The van der Waals surface area contributed by atoms with E-state index in [9.17, 15) is 4.79 Å². The fourth-order valence-electron chi connectivity index (χ4n) is 3.37. The van der Waals surface area contributed by atoms with Crippen molar-refractivity contribution in [3.05, 3.63) is 35.8 Å². The fraction of sp³-hybridized carbons (Fsp3) is 0.556.